The topological polar surface area (TPSA) is 74.6 Å². The van der Waals surface area contributed by atoms with Crippen LogP contribution < -0.4 is 0 Å². The predicted molar refractivity (Wildman–Crippen MR) is 50.6 cm³/mol. The van der Waals surface area contributed by atoms with Crippen LogP contribution in [0.2, 0.25) is 5.82 Å². The minimum absolute atomic E-state index is 0.240. The summed E-state index contributed by atoms with van der Waals surface area (Å²) in [6, 6.07) is 0. The average molecular weight is 202 g/mol. The highest BCUT2D eigenvalue weighted by atomic mass is 32.2. The maximum absolute atomic E-state index is 11.0. The highest BCUT2D eigenvalue weighted by Gasteiger charge is 2.23. The minimum atomic E-state index is -3.16. The monoisotopic (exact) mass is 202 g/mol. The molecule has 6 heteroatoms. The largest absolute Gasteiger partial charge is 0.459 e. The van der Waals surface area contributed by atoms with Crippen LogP contribution in [0.5, 0.6) is 0 Å². The smallest absolute Gasteiger partial charge is 0.427 e. The number of sulfone groups is 1. The lowest BCUT2D eigenvalue weighted by Gasteiger charge is -2.13. The Bertz CT molecular complexity index is 342. The molecule has 1 aliphatic carbocycles. The van der Waals surface area contributed by atoms with Crippen molar-refractivity contribution in [2.24, 2.45) is 0 Å². The van der Waals surface area contributed by atoms with Gasteiger partial charge in [0.2, 0.25) is 0 Å². The van der Waals surface area contributed by atoms with Crippen molar-refractivity contribution in [3.8, 4) is 0 Å². The van der Waals surface area contributed by atoms with Crippen molar-refractivity contribution in [1.29, 1.82) is 0 Å². The van der Waals surface area contributed by atoms with Crippen molar-refractivity contribution in [2.75, 3.05) is 6.26 Å². The van der Waals surface area contributed by atoms with Gasteiger partial charge in [0, 0.05) is 12.1 Å². The zero-order chi connectivity index (χ0) is 10.1. The first-order valence-electron chi connectivity index (χ1n) is 3.86. The Morgan fingerprint density at radius 3 is 2.46 bits per heavy atom. The number of hydrogen-bond acceptors (Lipinski definition) is 4. The zero-order valence-electron chi connectivity index (χ0n) is 7.21. The molecule has 1 unspecified atom stereocenters. The molecule has 0 radical (unpaired) electrons. The van der Waals surface area contributed by atoms with Gasteiger partial charge in [-0.15, -0.1) is 0 Å². The first kappa shape index (κ1) is 10.5. The first-order chi connectivity index (χ1) is 5.91. The van der Waals surface area contributed by atoms with E-state index in [1.165, 1.54) is 18.2 Å². The van der Waals surface area contributed by atoms with E-state index >= 15 is 0 Å². The Morgan fingerprint density at radius 2 is 2.15 bits per heavy atom. The Kier molecular flexibility index (Phi) is 2.95. The van der Waals surface area contributed by atoms with Crippen LogP contribution in [0, 0.1) is 0 Å². The summed E-state index contributed by atoms with van der Waals surface area (Å²) in [4.78, 5) is 0.240. The fourth-order valence-electron chi connectivity index (χ4n) is 1.11. The Hall–Kier alpha value is -0.585. The standard InChI is InChI=1S/C7H11BO4S/c1-13(11,12)7-4-2-6(3-5-7)8(9)10/h2,4-6,9-10H,3H2,1H3. The minimum Gasteiger partial charge on any atom is -0.427 e. The van der Waals surface area contributed by atoms with Crippen LogP contribution in [-0.2, 0) is 9.84 Å². The van der Waals surface area contributed by atoms with Gasteiger partial charge in [-0.3, -0.25) is 0 Å². The van der Waals surface area contributed by atoms with E-state index in [-0.39, 0.29) is 4.91 Å². The van der Waals surface area contributed by atoms with Gasteiger partial charge in [-0.05, 0) is 12.5 Å². The van der Waals surface area contributed by atoms with E-state index in [4.69, 9.17) is 10.0 Å². The van der Waals surface area contributed by atoms with Crippen molar-refractivity contribution in [1.82, 2.24) is 0 Å². The van der Waals surface area contributed by atoms with E-state index < -0.39 is 22.8 Å². The number of hydrogen-bond donors (Lipinski definition) is 2. The van der Waals surface area contributed by atoms with Gasteiger partial charge in [0.05, 0.1) is 4.91 Å². The maximum atomic E-state index is 11.0. The van der Waals surface area contributed by atoms with E-state index in [2.05, 4.69) is 0 Å². The Morgan fingerprint density at radius 1 is 1.54 bits per heavy atom. The molecule has 0 aromatic carbocycles. The van der Waals surface area contributed by atoms with Crippen LogP contribution in [0.1, 0.15) is 6.42 Å². The van der Waals surface area contributed by atoms with E-state index in [1.54, 1.807) is 0 Å². The van der Waals surface area contributed by atoms with Gasteiger partial charge in [-0.1, -0.05) is 12.2 Å². The molecule has 72 valence electrons. The molecule has 1 rings (SSSR count). The number of rotatable bonds is 2. The van der Waals surface area contributed by atoms with E-state index in [0.29, 0.717) is 6.42 Å². The van der Waals surface area contributed by atoms with E-state index in [1.807, 2.05) is 0 Å². The summed E-state index contributed by atoms with van der Waals surface area (Å²) in [5, 5.41) is 17.6. The van der Waals surface area contributed by atoms with Crippen LogP contribution in [0.3, 0.4) is 0 Å². The fourth-order valence-corrected chi connectivity index (χ4v) is 1.84. The lowest BCUT2D eigenvalue weighted by molar-refractivity contribution is 0.394. The summed E-state index contributed by atoms with van der Waals surface area (Å²) in [5.74, 6) is -0.398. The van der Waals surface area contributed by atoms with Gasteiger partial charge in [0.15, 0.2) is 9.84 Å². The normalized spacial score (nSPS) is 22.7. The SMILES string of the molecule is CS(=O)(=O)C1=CCC(B(O)O)C=C1. The van der Waals surface area contributed by atoms with Crippen LogP contribution >= 0.6 is 0 Å². The molecule has 0 saturated heterocycles. The second-order valence-corrected chi connectivity index (χ2v) is 5.07. The van der Waals surface area contributed by atoms with E-state index in [9.17, 15) is 8.42 Å². The van der Waals surface area contributed by atoms with Crippen LogP contribution in [-0.4, -0.2) is 31.8 Å². The Balaban J connectivity index is 2.77. The van der Waals surface area contributed by atoms with Gasteiger partial charge in [0.1, 0.15) is 0 Å². The third-order valence-electron chi connectivity index (χ3n) is 1.91. The lowest BCUT2D eigenvalue weighted by atomic mass is 9.70. The van der Waals surface area contributed by atoms with Crippen molar-refractivity contribution in [3.05, 3.63) is 23.1 Å². The van der Waals surface area contributed by atoms with Gasteiger partial charge >= 0.3 is 7.12 Å². The summed E-state index contributed by atoms with van der Waals surface area (Å²) in [6.07, 6.45) is 5.87. The molecule has 4 nitrogen and oxygen atoms in total. The predicted octanol–water partition coefficient (Wildman–Crippen LogP) is -0.282. The van der Waals surface area contributed by atoms with Gasteiger partial charge in [0.25, 0.3) is 0 Å². The molecule has 0 aromatic heterocycles. The molecule has 0 saturated carbocycles. The zero-order valence-corrected chi connectivity index (χ0v) is 8.03. The van der Waals surface area contributed by atoms with Crippen LogP contribution in [0.25, 0.3) is 0 Å². The molecular formula is C7H11BO4S. The molecule has 0 aromatic rings. The highest BCUT2D eigenvalue weighted by molar-refractivity contribution is 7.94. The molecule has 0 bridgehead atoms. The molecule has 0 fully saturated rings. The third-order valence-corrected chi connectivity index (χ3v) is 3.07. The van der Waals surface area contributed by atoms with Crippen molar-refractivity contribution >= 4 is 17.0 Å². The van der Waals surface area contributed by atoms with Crippen molar-refractivity contribution in [3.63, 3.8) is 0 Å². The van der Waals surface area contributed by atoms with Crippen LogP contribution in [0.4, 0.5) is 0 Å². The molecule has 0 aliphatic heterocycles. The van der Waals surface area contributed by atoms with Crippen LogP contribution in [0.15, 0.2) is 23.1 Å². The highest BCUT2D eigenvalue weighted by Crippen LogP contribution is 2.24. The van der Waals surface area contributed by atoms with E-state index in [0.717, 1.165) is 6.26 Å². The maximum Gasteiger partial charge on any atom is 0.459 e. The summed E-state index contributed by atoms with van der Waals surface area (Å²) >= 11 is 0. The molecule has 0 heterocycles. The van der Waals surface area contributed by atoms with Gasteiger partial charge in [-0.25, -0.2) is 8.42 Å². The second-order valence-electron chi connectivity index (χ2n) is 3.05. The van der Waals surface area contributed by atoms with Gasteiger partial charge < -0.3 is 10.0 Å². The molecule has 0 spiro atoms. The molecule has 13 heavy (non-hydrogen) atoms. The van der Waals surface area contributed by atoms with Crippen molar-refractivity contribution < 1.29 is 18.5 Å². The number of allylic oxidation sites excluding steroid dienone is 3. The Labute approximate surface area is 77.7 Å². The molecular weight excluding hydrogens is 191 g/mol. The fraction of sp³-hybridized carbons (Fsp3) is 0.429. The summed E-state index contributed by atoms with van der Waals surface area (Å²) in [6.45, 7) is 0. The lowest BCUT2D eigenvalue weighted by Crippen LogP contribution is -2.20. The summed E-state index contributed by atoms with van der Waals surface area (Å²) < 4.78 is 22.0. The first-order valence-corrected chi connectivity index (χ1v) is 5.75. The van der Waals surface area contributed by atoms with Crippen molar-refractivity contribution in [2.45, 2.75) is 12.2 Å². The molecule has 2 N–H and O–H groups in total. The average Bonchev–Trinajstić information content (AvgIpc) is 2.03. The molecule has 0 amide bonds. The second kappa shape index (κ2) is 3.65. The molecule has 1 atom stereocenters. The molecule has 1 aliphatic rings. The summed E-state index contributed by atoms with van der Waals surface area (Å²) in [5.41, 5.74) is 0. The van der Waals surface area contributed by atoms with Gasteiger partial charge in [-0.2, -0.15) is 0 Å². The quantitative estimate of drug-likeness (QED) is 0.603. The third kappa shape index (κ3) is 2.68. The summed E-state index contributed by atoms with van der Waals surface area (Å²) in [7, 11) is -4.59.